The third-order valence-electron chi connectivity index (χ3n) is 5.66. The van der Waals surface area contributed by atoms with E-state index in [4.69, 9.17) is 0 Å². The van der Waals surface area contributed by atoms with Crippen LogP contribution in [-0.4, -0.2) is 28.0 Å². The van der Waals surface area contributed by atoms with Crippen molar-refractivity contribution in [3.63, 3.8) is 0 Å². The minimum atomic E-state index is -0.143. The lowest BCUT2D eigenvalue weighted by Gasteiger charge is -2.31. The van der Waals surface area contributed by atoms with Crippen molar-refractivity contribution in [1.29, 1.82) is 0 Å². The molecule has 4 aromatic rings. The van der Waals surface area contributed by atoms with Crippen LogP contribution in [0.3, 0.4) is 0 Å². The third kappa shape index (κ3) is 3.30. The summed E-state index contributed by atoms with van der Waals surface area (Å²) in [6.07, 6.45) is 0. The van der Waals surface area contributed by atoms with Crippen molar-refractivity contribution in [2.75, 3.05) is 0 Å². The fraction of sp³-hybridized carbons (Fsp3) is 0.222. The first-order chi connectivity index (χ1) is 14.4. The monoisotopic (exact) mass is 397 g/mol. The van der Waals surface area contributed by atoms with Gasteiger partial charge in [0.15, 0.2) is 0 Å². The van der Waals surface area contributed by atoms with Crippen molar-refractivity contribution >= 4 is 27.5 Å². The van der Waals surface area contributed by atoms with Crippen LogP contribution in [-0.2, 0) is 0 Å². The summed E-state index contributed by atoms with van der Waals surface area (Å²) in [5.74, 6) is -0.123. The number of carbonyl (C=O) groups is 1. The second-order valence-corrected chi connectivity index (χ2v) is 8.29. The number of hydrogen-bond acceptors (Lipinski definition) is 2. The summed E-state index contributed by atoms with van der Waals surface area (Å²) in [7, 11) is 0. The minimum Gasteiger partial charge on any atom is -0.507 e. The summed E-state index contributed by atoms with van der Waals surface area (Å²) in [6.45, 7) is 8.02. The molecule has 0 atom stereocenters. The van der Waals surface area contributed by atoms with Gasteiger partial charge in [0, 0.05) is 17.5 Å². The predicted molar refractivity (Wildman–Crippen MR) is 125 cm³/mol. The van der Waals surface area contributed by atoms with E-state index in [1.165, 1.54) is 0 Å². The Bertz CT molecular complexity index is 1230. The van der Waals surface area contributed by atoms with Crippen LogP contribution >= 0.6 is 0 Å². The molecule has 1 N–H and O–H groups in total. The molecule has 0 aromatic heterocycles. The third-order valence-corrected chi connectivity index (χ3v) is 5.66. The molecular formula is C27H27NO2. The molecule has 0 radical (unpaired) electrons. The number of nitrogens with zero attached hydrogens (tertiary/aromatic N) is 1. The van der Waals surface area contributed by atoms with E-state index in [0.717, 1.165) is 32.7 Å². The van der Waals surface area contributed by atoms with Crippen molar-refractivity contribution in [3.8, 4) is 16.9 Å². The smallest absolute Gasteiger partial charge is 0.258 e. The molecule has 0 unspecified atom stereocenters. The molecular weight excluding hydrogens is 370 g/mol. The van der Waals surface area contributed by atoms with Gasteiger partial charge < -0.3 is 10.0 Å². The number of phenolic OH excluding ortho intramolecular Hbond substituents is 1. The normalized spacial score (nSPS) is 11.5. The number of rotatable bonds is 4. The predicted octanol–water partition coefficient (Wildman–Crippen LogP) is 6.62. The molecule has 0 saturated carbocycles. The van der Waals surface area contributed by atoms with Crippen molar-refractivity contribution < 1.29 is 9.90 Å². The Morgan fingerprint density at radius 1 is 0.733 bits per heavy atom. The highest BCUT2D eigenvalue weighted by molar-refractivity contribution is 6.16. The van der Waals surface area contributed by atoms with Crippen LogP contribution in [0.15, 0.2) is 72.8 Å². The SMILES string of the molecule is CC(C)N(C(=O)c1c(O)ccc2cccc(-c3cccc4ccccc34)c12)C(C)C. The zero-order chi connectivity index (χ0) is 21.4. The van der Waals surface area contributed by atoms with Gasteiger partial charge in [0.1, 0.15) is 5.75 Å². The maximum Gasteiger partial charge on any atom is 0.258 e. The first kappa shape index (κ1) is 20.0. The van der Waals surface area contributed by atoms with Crippen LogP contribution in [0.1, 0.15) is 38.1 Å². The summed E-state index contributed by atoms with van der Waals surface area (Å²) in [5, 5.41) is 14.8. The van der Waals surface area contributed by atoms with Gasteiger partial charge in [0.2, 0.25) is 0 Å². The number of fused-ring (bicyclic) bond motifs is 2. The van der Waals surface area contributed by atoms with Gasteiger partial charge in [-0.2, -0.15) is 0 Å². The van der Waals surface area contributed by atoms with Crippen molar-refractivity contribution in [1.82, 2.24) is 4.90 Å². The number of hydrogen-bond donors (Lipinski definition) is 1. The lowest BCUT2D eigenvalue weighted by atomic mass is 9.90. The maximum absolute atomic E-state index is 13.7. The van der Waals surface area contributed by atoms with E-state index < -0.39 is 0 Å². The van der Waals surface area contributed by atoms with Crippen LogP contribution in [0.2, 0.25) is 0 Å². The molecule has 0 fully saturated rings. The summed E-state index contributed by atoms with van der Waals surface area (Å²) in [6, 6.07) is 24.0. The highest BCUT2D eigenvalue weighted by atomic mass is 16.3. The number of phenols is 1. The van der Waals surface area contributed by atoms with E-state index in [0.29, 0.717) is 5.56 Å². The van der Waals surface area contributed by atoms with Gasteiger partial charge in [0.25, 0.3) is 5.91 Å². The number of amides is 1. The van der Waals surface area contributed by atoms with E-state index in [2.05, 4.69) is 24.3 Å². The molecule has 152 valence electrons. The summed E-state index contributed by atoms with van der Waals surface area (Å²) < 4.78 is 0. The van der Waals surface area contributed by atoms with Crippen LogP contribution in [0.25, 0.3) is 32.7 Å². The lowest BCUT2D eigenvalue weighted by molar-refractivity contribution is 0.0643. The lowest BCUT2D eigenvalue weighted by Crippen LogP contribution is -2.42. The van der Waals surface area contributed by atoms with E-state index in [1.54, 1.807) is 6.07 Å². The van der Waals surface area contributed by atoms with Gasteiger partial charge in [-0.1, -0.05) is 66.7 Å². The Morgan fingerprint density at radius 3 is 2.03 bits per heavy atom. The van der Waals surface area contributed by atoms with Crippen LogP contribution in [0, 0.1) is 0 Å². The second-order valence-electron chi connectivity index (χ2n) is 8.29. The molecule has 30 heavy (non-hydrogen) atoms. The van der Waals surface area contributed by atoms with E-state index >= 15 is 0 Å². The molecule has 0 aliphatic heterocycles. The maximum atomic E-state index is 13.7. The largest absolute Gasteiger partial charge is 0.507 e. The highest BCUT2D eigenvalue weighted by Crippen LogP contribution is 2.39. The van der Waals surface area contributed by atoms with E-state index in [1.807, 2.05) is 75.1 Å². The van der Waals surface area contributed by atoms with Gasteiger partial charge in [-0.25, -0.2) is 0 Å². The molecule has 4 aromatic carbocycles. The highest BCUT2D eigenvalue weighted by Gasteiger charge is 2.27. The standard InChI is InChI=1S/C27H27NO2/c1-17(2)28(18(3)4)27(30)26-24(29)16-15-20-11-8-14-23(25(20)26)22-13-7-10-19-9-5-6-12-21(19)22/h5-18,29H,1-4H3. The Hall–Kier alpha value is -3.33. The summed E-state index contributed by atoms with van der Waals surface area (Å²) in [5.41, 5.74) is 2.38. The fourth-order valence-corrected chi connectivity index (χ4v) is 4.46. The van der Waals surface area contributed by atoms with Gasteiger partial charge in [-0.05, 0) is 61.0 Å². The topological polar surface area (TPSA) is 40.5 Å². The first-order valence-corrected chi connectivity index (χ1v) is 10.5. The summed E-state index contributed by atoms with van der Waals surface area (Å²) in [4.78, 5) is 15.5. The van der Waals surface area contributed by atoms with Crippen molar-refractivity contribution in [2.24, 2.45) is 0 Å². The van der Waals surface area contributed by atoms with Gasteiger partial charge in [-0.3, -0.25) is 4.79 Å². The Morgan fingerprint density at radius 2 is 1.33 bits per heavy atom. The molecule has 0 aliphatic carbocycles. The van der Waals surface area contributed by atoms with Crippen molar-refractivity contribution in [2.45, 2.75) is 39.8 Å². The molecule has 1 amide bonds. The number of carbonyl (C=O) groups excluding carboxylic acids is 1. The van der Waals surface area contributed by atoms with E-state index in [-0.39, 0.29) is 23.7 Å². The molecule has 3 heteroatoms. The molecule has 4 rings (SSSR count). The first-order valence-electron chi connectivity index (χ1n) is 10.5. The van der Waals surface area contributed by atoms with Gasteiger partial charge >= 0.3 is 0 Å². The second kappa shape index (κ2) is 7.83. The average molecular weight is 398 g/mol. The van der Waals surface area contributed by atoms with E-state index in [9.17, 15) is 9.90 Å². The van der Waals surface area contributed by atoms with Crippen LogP contribution < -0.4 is 0 Å². The summed E-state index contributed by atoms with van der Waals surface area (Å²) >= 11 is 0. The quantitative estimate of drug-likeness (QED) is 0.420. The molecule has 0 heterocycles. The zero-order valence-electron chi connectivity index (χ0n) is 17.9. The van der Waals surface area contributed by atoms with Gasteiger partial charge in [0.05, 0.1) is 5.56 Å². The minimum absolute atomic E-state index is 0.0199. The Kier molecular flexibility index (Phi) is 5.21. The number of benzene rings is 4. The molecule has 0 aliphatic rings. The van der Waals surface area contributed by atoms with Gasteiger partial charge in [-0.15, -0.1) is 0 Å². The molecule has 0 saturated heterocycles. The molecule has 0 bridgehead atoms. The molecule has 0 spiro atoms. The van der Waals surface area contributed by atoms with Crippen LogP contribution in [0.4, 0.5) is 0 Å². The molecule has 3 nitrogen and oxygen atoms in total. The Labute approximate surface area is 177 Å². The average Bonchev–Trinajstić information content (AvgIpc) is 2.72. The zero-order valence-corrected chi connectivity index (χ0v) is 17.9. The fourth-order valence-electron chi connectivity index (χ4n) is 4.46. The van der Waals surface area contributed by atoms with Crippen molar-refractivity contribution in [3.05, 3.63) is 78.4 Å². The number of aromatic hydroxyl groups is 1. The Balaban J connectivity index is 2.06. The van der Waals surface area contributed by atoms with Crippen LogP contribution in [0.5, 0.6) is 5.75 Å².